The van der Waals surface area contributed by atoms with Crippen molar-refractivity contribution in [3.05, 3.63) is 28.8 Å². The highest BCUT2D eigenvalue weighted by Crippen LogP contribution is 2.21. The lowest BCUT2D eigenvalue weighted by Gasteiger charge is -2.15. The van der Waals surface area contributed by atoms with Gasteiger partial charge in [-0.15, -0.1) is 0 Å². The maximum atomic E-state index is 10.8. The van der Waals surface area contributed by atoms with Gasteiger partial charge >= 0.3 is 5.97 Å². The summed E-state index contributed by atoms with van der Waals surface area (Å²) in [5.41, 5.74) is 0.891. The van der Waals surface area contributed by atoms with Crippen molar-refractivity contribution >= 4 is 23.3 Å². The minimum absolute atomic E-state index is 0.106. The number of rotatable bonds is 6. The minimum Gasteiger partial charge on any atom is -0.478 e. The van der Waals surface area contributed by atoms with Crippen molar-refractivity contribution in [1.29, 1.82) is 0 Å². The maximum Gasteiger partial charge on any atom is 0.337 e. The number of carboxylic acids is 1. The Morgan fingerprint density at radius 1 is 1.59 bits per heavy atom. The first kappa shape index (κ1) is 13.8. The number of anilines is 1. The molecule has 0 fully saturated rings. The Morgan fingerprint density at radius 3 is 2.82 bits per heavy atom. The molecule has 2 N–H and O–H groups in total. The zero-order valence-corrected chi connectivity index (χ0v) is 10.6. The van der Waals surface area contributed by atoms with Gasteiger partial charge in [-0.2, -0.15) is 0 Å². The molecular formula is C12H16ClNO3. The number of carbonyl (C=O) groups is 1. The first-order chi connectivity index (χ1) is 8.04. The first-order valence-electron chi connectivity index (χ1n) is 5.41. The topological polar surface area (TPSA) is 58.6 Å². The van der Waals surface area contributed by atoms with Gasteiger partial charge < -0.3 is 15.2 Å². The van der Waals surface area contributed by atoms with Crippen molar-refractivity contribution in [2.45, 2.75) is 19.9 Å². The number of halogens is 1. The van der Waals surface area contributed by atoms with Crippen molar-refractivity contribution in [2.75, 3.05) is 18.5 Å². The predicted molar refractivity (Wildman–Crippen MR) is 68.0 cm³/mol. The van der Waals surface area contributed by atoms with Gasteiger partial charge in [-0.3, -0.25) is 0 Å². The van der Waals surface area contributed by atoms with Gasteiger partial charge in [0.15, 0.2) is 0 Å². The summed E-state index contributed by atoms with van der Waals surface area (Å²) in [4.78, 5) is 10.8. The lowest BCUT2D eigenvalue weighted by Crippen LogP contribution is -2.21. The average molecular weight is 258 g/mol. The van der Waals surface area contributed by atoms with Crippen LogP contribution in [0.15, 0.2) is 18.2 Å². The summed E-state index contributed by atoms with van der Waals surface area (Å²) in [7, 11) is 0. The summed E-state index contributed by atoms with van der Waals surface area (Å²) in [6, 6.07) is 4.92. The molecule has 0 radical (unpaired) electrons. The van der Waals surface area contributed by atoms with E-state index in [4.69, 9.17) is 21.4 Å². The molecule has 0 aliphatic carbocycles. The van der Waals surface area contributed by atoms with Gasteiger partial charge in [0.25, 0.3) is 0 Å². The predicted octanol–water partition coefficient (Wildman–Crippen LogP) is 2.88. The lowest BCUT2D eigenvalue weighted by molar-refractivity contribution is 0.0697. The number of hydrogen-bond acceptors (Lipinski definition) is 3. The van der Waals surface area contributed by atoms with Crippen molar-refractivity contribution in [1.82, 2.24) is 0 Å². The molecule has 0 spiro atoms. The Kier molecular flexibility index (Phi) is 5.25. The number of hydrogen-bond donors (Lipinski definition) is 2. The van der Waals surface area contributed by atoms with Gasteiger partial charge in [0.05, 0.1) is 17.2 Å². The Bertz CT molecular complexity index is 395. The van der Waals surface area contributed by atoms with Crippen LogP contribution in [0.4, 0.5) is 5.69 Å². The van der Waals surface area contributed by atoms with Crippen LogP contribution in [0, 0.1) is 0 Å². The molecule has 4 nitrogen and oxygen atoms in total. The highest BCUT2D eigenvalue weighted by molar-refractivity contribution is 6.33. The molecule has 0 amide bonds. The van der Waals surface area contributed by atoms with Gasteiger partial charge in [0, 0.05) is 18.3 Å². The molecule has 0 aliphatic rings. The third-order valence-corrected chi connectivity index (χ3v) is 2.50. The summed E-state index contributed by atoms with van der Waals surface area (Å²) in [6.45, 7) is 5.18. The van der Waals surface area contributed by atoms with Gasteiger partial charge in [0.1, 0.15) is 0 Å². The van der Waals surface area contributed by atoms with Crippen molar-refractivity contribution in [3.8, 4) is 0 Å². The Labute approximate surface area is 106 Å². The second kappa shape index (κ2) is 6.47. The zero-order valence-electron chi connectivity index (χ0n) is 9.87. The summed E-state index contributed by atoms with van der Waals surface area (Å²) >= 11 is 5.86. The van der Waals surface area contributed by atoms with Crippen LogP contribution in [0.2, 0.25) is 5.02 Å². The van der Waals surface area contributed by atoms with E-state index in [1.165, 1.54) is 6.07 Å². The molecule has 1 aromatic rings. The van der Waals surface area contributed by atoms with Crippen molar-refractivity contribution < 1.29 is 14.6 Å². The zero-order chi connectivity index (χ0) is 12.8. The fourth-order valence-corrected chi connectivity index (χ4v) is 1.66. The molecule has 94 valence electrons. The second-order valence-corrected chi connectivity index (χ2v) is 4.11. The van der Waals surface area contributed by atoms with Crippen LogP contribution in [0.1, 0.15) is 24.2 Å². The minimum atomic E-state index is -1.02. The monoisotopic (exact) mass is 257 g/mol. The maximum absolute atomic E-state index is 10.8. The van der Waals surface area contributed by atoms with E-state index >= 15 is 0 Å². The molecular weight excluding hydrogens is 242 g/mol. The van der Waals surface area contributed by atoms with Gasteiger partial charge in [-0.1, -0.05) is 11.6 Å². The van der Waals surface area contributed by atoms with Gasteiger partial charge in [0.2, 0.25) is 0 Å². The molecule has 0 bridgehead atoms. The average Bonchev–Trinajstić information content (AvgIpc) is 2.26. The van der Waals surface area contributed by atoms with Crippen molar-refractivity contribution in [3.63, 3.8) is 0 Å². The molecule has 0 heterocycles. The molecule has 0 aliphatic heterocycles. The van der Waals surface area contributed by atoms with E-state index in [1.54, 1.807) is 12.1 Å². The number of ether oxygens (including phenoxy) is 1. The van der Waals surface area contributed by atoms with Crippen molar-refractivity contribution in [2.24, 2.45) is 0 Å². The normalized spacial score (nSPS) is 12.2. The Balaban J connectivity index is 2.67. The van der Waals surface area contributed by atoms with Crippen LogP contribution in [0.3, 0.4) is 0 Å². The molecule has 0 saturated heterocycles. The van der Waals surface area contributed by atoms with Crippen LogP contribution < -0.4 is 5.32 Å². The number of nitrogens with one attached hydrogen (secondary N) is 1. The van der Waals surface area contributed by atoms with E-state index in [-0.39, 0.29) is 16.6 Å². The smallest absolute Gasteiger partial charge is 0.337 e. The second-order valence-electron chi connectivity index (χ2n) is 3.70. The van der Waals surface area contributed by atoms with Crippen LogP contribution in [0.25, 0.3) is 0 Å². The van der Waals surface area contributed by atoms with E-state index in [0.29, 0.717) is 13.2 Å². The highest BCUT2D eigenvalue weighted by atomic mass is 35.5. The first-order valence-corrected chi connectivity index (χ1v) is 5.79. The molecule has 1 rings (SSSR count). The largest absolute Gasteiger partial charge is 0.478 e. The Morgan fingerprint density at radius 2 is 2.29 bits per heavy atom. The summed E-state index contributed by atoms with van der Waals surface area (Å²) in [5, 5.41) is 12.2. The molecule has 1 aromatic carbocycles. The standard InChI is InChI=1S/C12H16ClNO3/c1-3-17-7-8(2)14-9-4-5-10(12(15)16)11(13)6-9/h4-6,8,14H,3,7H2,1-2H3,(H,15,16). The van der Waals surface area contributed by atoms with Crippen LogP contribution in [0.5, 0.6) is 0 Å². The van der Waals surface area contributed by atoms with Gasteiger partial charge in [-0.05, 0) is 32.0 Å². The molecule has 1 unspecified atom stereocenters. The lowest BCUT2D eigenvalue weighted by atomic mass is 10.2. The van der Waals surface area contributed by atoms with E-state index in [9.17, 15) is 4.79 Å². The quantitative estimate of drug-likeness (QED) is 0.823. The highest BCUT2D eigenvalue weighted by Gasteiger charge is 2.09. The SMILES string of the molecule is CCOCC(C)Nc1ccc(C(=O)O)c(Cl)c1. The third kappa shape index (κ3) is 4.24. The summed E-state index contributed by atoms with van der Waals surface area (Å²) in [5.74, 6) is -1.02. The summed E-state index contributed by atoms with van der Waals surface area (Å²) in [6.07, 6.45) is 0. The van der Waals surface area contributed by atoms with E-state index in [0.717, 1.165) is 5.69 Å². The third-order valence-electron chi connectivity index (χ3n) is 2.18. The fourth-order valence-electron chi connectivity index (χ4n) is 1.40. The van der Waals surface area contributed by atoms with E-state index in [2.05, 4.69) is 5.32 Å². The van der Waals surface area contributed by atoms with E-state index < -0.39 is 5.97 Å². The fraction of sp³-hybridized carbons (Fsp3) is 0.417. The van der Waals surface area contributed by atoms with Gasteiger partial charge in [-0.25, -0.2) is 4.79 Å². The molecule has 17 heavy (non-hydrogen) atoms. The Hall–Kier alpha value is -1.26. The van der Waals surface area contributed by atoms with Crippen LogP contribution in [-0.4, -0.2) is 30.3 Å². The van der Waals surface area contributed by atoms with E-state index in [1.807, 2.05) is 13.8 Å². The summed E-state index contributed by atoms with van der Waals surface area (Å²) < 4.78 is 5.27. The van der Waals surface area contributed by atoms with Crippen LogP contribution >= 0.6 is 11.6 Å². The van der Waals surface area contributed by atoms with Crippen LogP contribution in [-0.2, 0) is 4.74 Å². The number of aromatic carboxylic acids is 1. The molecule has 1 atom stereocenters. The molecule has 5 heteroatoms. The molecule has 0 aromatic heterocycles. The molecule has 0 saturated carbocycles. The number of carboxylic acid groups (broad SMARTS) is 1. The number of benzene rings is 1.